The first-order valence-corrected chi connectivity index (χ1v) is 11.2. The lowest BCUT2D eigenvalue weighted by atomic mass is 10.0. The van der Waals surface area contributed by atoms with Gasteiger partial charge in [-0.25, -0.2) is 8.42 Å². The summed E-state index contributed by atoms with van der Waals surface area (Å²) in [5.74, 6) is 0.594. The molecule has 1 unspecified atom stereocenters. The van der Waals surface area contributed by atoms with Crippen molar-refractivity contribution in [2.24, 2.45) is 0 Å². The number of methoxy groups -OCH3 is 1. The van der Waals surface area contributed by atoms with E-state index in [-0.39, 0.29) is 16.8 Å². The number of nitrogens with one attached hydrogen (secondary N) is 1. The van der Waals surface area contributed by atoms with Gasteiger partial charge in [-0.1, -0.05) is 12.1 Å². The fraction of sp³-hybridized carbons (Fsp3) is 0.381. The van der Waals surface area contributed by atoms with Crippen molar-refractivity contribution in [3.8, 4) is 5.75 Å². The van der Waals surface area contributed by atoms with E-state index < -0.39 is 9.84 Å². The van der Waals surface area contributed by atoms with E-state index in [1.54, 1.807) is 19.2 Å². The minimum Gasteiger partial charge on any atom is -0.497 e. The van der Waals surface area contributed by atoms with Gasteiger partial charge in [0.15, 0.2) is 9.84 Å². The number of nitrogens with zero attached hydrogens (tertiary/aromatic N) is 1. The van der Waals surface area contributed by atoms with Crippen LogP contribution < -0.4 is 10.1 Å². The number of rotatable bonds is 7. The summed E-state index contributed by atoms with van der Waals surface area (Å²) in [6.07, 6.45) is 3.47. The lowest BCUT2D eigenvalue weighted by Gasteiger charge is -2.28. The molecule has 0 bridgehead atoms. The molecule has 2 aromatic carbocycles. The molecule has 1 atom stereocenters. The second kappa shape index (κ2) is 8.75. The second-order valence-corrected chi connectivity index (χ2v) is 9.05. The van der Waals surface area contributed by atoms with Gasteiger partial charge in [0.25, 0.3) is 5.91 Å². The van der Waals surface area contributed by atoms with Gasteiger partial charge in [0.05, 0.1) is 18.0 Å². The first kappa shape index (κ1) is 20.4. The van der Waals surface area contributed by atoms with Crippen LogP contribution in [0.3, 0.4) is 0 Å². The third kappa shape index (κ3) is 4.91. The Kier molecular flexibility index (Phi) is 6.36. The predicted molar refractivity (Wildman–Crippen MR) is 108 cm³/mol. The molecule has 3 rings (SSSR count). The van der Waals surface area contributed by atoms with Gasteiger partial charge >= 0.3 is 0 Å². The van der Waals surface area contributed by atoms with E-state index in [1.165, 1.54) is 12.1 Å². The summed E-state index contributed by atoms with van der Waals surface area (Å²) in [5, 5.41) is 3.00. The largest absolute Gasteiger partial charge is 0.497 e. The van der Waals surface area contributed by atoms with E-state index in [0.29, 0.717) is 12.1 Å². The molecule has 1 saturated heterocycles. The predicted octanol–water partition coefficient (Wildman–Crippen LogP) is 2.67. The lowest BCUT2D eigenvalue weighted by molar-refractivity contribution is 0.0938. The van der Waals surface area contributed by atoms with Crippen molar-refractivity contribution in [2.75, 3.05) is 33.0 Å². The highest BCUT2D eigenvalue weighted by molar-refractivity contribution is 7.90. The summed E-state index contributed by atoms with van der Waals surface area (Å²) < 4.78 is 28.4. The Bertz CT molecular complexity index is 902. The molecule has 0 saturated carbocycles. The molecule has 1 heterocycles. The van der Waals surface area contributed by atoms with Crippen LogP contribution in [0.15, 0.2) is 53.4 Å². The van der Waals surface area contributed by atoms with Crippen LogP contribution in [0.4, 0.5) is 0 Å². The number of hydrogen-bond donors (Lipinski definition) is 1. The Labute approximate surface area is 166 Å². The Morgan fingerprint density at radius 1 is 1.07 bits per heavy atom. The monoisotopic (exact) mass is 402 g/mol. The first-order chi connectivity index (χ1) is 13.4. The molecular weight excluding hydrogens is 376 g/mol. The Hall–Kier alpha value is -2.38. The highest BCUT2D eigenvalue weighted by atomic mass is 32.2. The molecule has 7 heteroatoms. The number of likely N-dealkylation sites (tertiary alicyclic amines) is 1. The second-order valence-electron chi connectivity index (χ2n) is 7.04. The van der Waals surface area contributed by atoms with Gasteiger partial charge in [-0.15, -0.1) is 0 Å². The molecule has 2 aromatic rings. The molecule has 1 aliphatic rings. The van der Waals surface area contributed by atoms with Crippen molar-refractivity contribution in [1.29, 1.82) is 0 Å². The molecule has 1 aliphatic heterocycles. The average molecular weight is 403 g/mol. The average Bonchev–Trinajstić information content (AvgIpc) is 3.22. The SMILES string of the molecule is COc1ccc(C(CNC(=O)c2ccc(S(C)(=O)=O)cc2)N2CCCC2)cc1. The van der Waals surface area contributed by atoms with Crippen molar-refractivity contribution in [2.45, 2.75) is 23.8 Å². The molecule has 0 radical (unpaired) electrons. The normalized spacial score (nSPS) is 15.9. The molecule has 0 aromatic heterocycles. The van der Waals surface area contributed by atoms with Crippen LogP contribution >= 0.6 is 0 Å². The first-order valence-electron chi connectivity index (χ1n) is 9.35. The quantitative estimate of drug-likeness (QED) is 0.771. The van der Waals surface area contributed by atoms with Gasteiger partial charge in [-0.2, -0.15) is 0 Å². The maximum Gasteiger partial charge on any atom is 0.251 e. The van der Waals surface area contributed by atoms with E-state index in [1.807, 2.05) is 24.3 Å². The zero-order valence-corrected chi connectivity index (χ0v) is 17.0. The number of hydrogen-bond acceptors (Lipinski definition) is 5. The summed E-state index contributed by atoms with van der Waals surface area (Å²) in [6, 6.07) is 14.1. The van der Waals surface area contributed by atoms with Crippen molar-refractivity contribution in [1.82, 2.24) is 10.2 Å². The smallest absolute Gasteiger partial charge is 0.251 e. The number of sulfone groups is 1. The zero-order valence-electron chi connectivity index (χ0n) is 16.2. The maximum absolute atomic E-state index is 12.6. The van der Waals surface area contributed by atoms with Crippen molar-refractivity contribution >= 4 is 15.7 Å². The number of amides is 1. The number of ether oxygens (including phenoxy) is 1. The fourth-order valence-electron chi connectivity index (χ4n) is 3.48. The van der Waals surface area contributed by atoms with Crippen molar-refractivity contribution in [3.05, 3.63) is 59.7 Å². The maximum atomic E-state index is 12.6. The minimum atomic E-state index is -3.27. The van der Waals surface area contributed by atoms with Gasteiger partial charge in [0.1, 0.15) is 5.75 Å². The highest BCUT2D eigenvalue weighted by Gasteiger charge is 2.24. The number of benzene rings is 2. The molecule has 1 amide bonds. The van der Waals surface area contributed by atoms with Gasteiger partial charge < -0.3 is 10.1 Å². The minimum absolute atomic E-state index is 0.0904. The summed E-state index contributed by atoms with van der Waals surface area (Å²) in [7, 11) is -1.63. The van der Waals surface area contributed by atoms with Crippen LogP contribution in [0.1, 0.15) is 34.8 Å². The van der Waals surface area contributed by atoms with Crippen LogP contribution in [0.25, 0.3) is 0 Å². The third-order valence-electron chi connectivity index (χ3n) is 5.08. The van der Waals surface area contributed by atoms with Gasteiger partial charge in [-0.3, -0.25) is 9.69 Å². The Morgan fingerprint density at radius 2 is 1.68 bits per heavy atom. The third-order valence-corrected chi connectivity index (χ3v) is 6.21. The highest BCUT2D eigenvalue weighted by Crippen LogP contribution is 2.26. The van der Waals surface area contributed by atoms with Gasteiger partial charge in [0, 0.05) is 18.4 Å². The molecular formula is C21H26N2O4S. The van der Waals surface area contributed by atoms with Crippen LogP contribution in [0.2, 0.25) is 0 Å². The van der Waals surface area contributed by atoms with Crippen molar-refractivity contribution in [3.63, 3.8) is 0 Å². The van der Waals surface area contributed by atoms with Gasteiger partial charge in [0.2, 0.25) is 0 Å². The molecule has 6 nitrogen and oxygen atoms in total. The summed E-state index contributed by atoms with van der Waals surface area (Å²) in [5.41, 5.74) is 1.58. The molecule has 150 valence electrons. The van der Waals surface area contributed by atoms with Crippen LogP contribution in [-0.2, 0) is 9.84 Å². The lowest BCUT2D eigenvalue weighted by Crippen LogP contribution is -2.36. The molecule has 28 heavy (non-hydrogen) atoms. The number of carbonyl (C=O) groups is 1. The number of carbonyl (C=O) groups excluding carboxylic acids is 1. The molecule has 1 N–H and O–H groups in total. The topological polar surface area (TPSA) is 75.7 Å². The van der Waals surface area contributed by atoms with Crippen molar-refractivity contribution < 1.29 is 17.9 Å². The van der Waals surface area contributed by atoms with E-state index in [0.717, 1.165) is 43.5 Å². The fourth-order valence-corrected chi connectivity index (χ4v) is 4.11. The van der Waals surface area contributed by atoms with Gasteiger partial charge in [-0.05, 0) is 67.9 Å². The van der Waals surface area contributed by atoms with E-state index in [9.17, 15) is 13.2 Å². The molecule has 1 fully saturated rings. The Morgan fingerprint density at radius 3 is 2.21 bits per heavy atom. The standard InChI is InChI=1S/C21H26N2O4S/c1-27-18-9-5-16(6-10-18)20(23-13-3-4-14-23)15-22-21(24)17-7-11-19(12-8-17)28(2,25)26/h5-12,20H,3-4,13-15H2,1-2H3,(H,22,24). The van der Waals surface area contributed by atoms with Crippen LogP contribution in [0.5, 0.6) is 5.75 Å². The van der Waals surface area contributed by atoms with E-state index in [2.05, 4.69) is 10.2 Å². The molecule has 0 spiro atoms. The molecule has 0 aliphatic carbocycles. The summed E-state index contributed by atoms with van der Waals surface area (Å²) in [4.78, 5) is 15.1. The zero-order chi connectivity index (χ0) is 20.1. The van der Waals surface area contributed by atoms with Crippen LogP contribution in [-0.4, -0.2) is 52.2 Å². The van der Waals surface area contributed by atoms with E-state index >= 15 is 0 Å². The summed E-state index contributed by atoms with van der Waals surface area (Å²) >= 11 is 0. The van der Waals surface area contributed by atoms with Crippen LogP contribution in [0, 0.1) is 0 Å². The van der Waals surface area contributed by atoms with E-state index in [4.69, 9.17) is 4.74 Å². The Balaban J connectivity index is 1.71. The summed E-state index contributed by atoms with van der Waals surface area (Å²) in [6.45, 7) is 2.50.